The molecule has 0 aliphatic heterocycles. The molecule has 0 saturated heterocycles. The van der Waals surface area contributed by atoms with Crippen molar-refractivity contribution in [1.82, 2.24) is 4.98 Å². The lowest BCUT2D eigenvalue weighted by atomic mass is 9.95. The Morgan fingerprint density at radius 1 is 1.21 bits per heavy atom. The van der Waals surface area contributed by atoms with E-state index in [4.69, 9.17) is 0 Å². The van der Waals surface area contributed by atoms with Crippen molar-refractivity contribution in [1.29, 1.82) is 0 Å². The van der Waals surface area contributed by atoms with E-state index in [9.17, 15) is 9.18 Å². The van der Waals surface area contributed by atoms with Gasteiger partial charge in [-0.3, -0.25) is 4.79 Å². The summed E-state index contributed by atoms with van der Waals surface area (Å²) in [6, 6.07) is 0. The van der Waals surface area contributed by atoms with Crippen LogP contribution in [0.1, 0.15) is 50.8 Å². The van der Waals surface area contributed by atoms with E-state index < -0.39 is 11.2 Å². The van der Waals surface area contributed by atoms with E-state index in [1.54, 1.807) is 0 Å². The molecule has 1 rings (SSSR count). The van der Waals surface area contributed by atoms with Crippen LogP contribution in [0.25, 0.3) is 0 Å². The molecule has 0 radical (unpaired) electrons. The Balaban J connectivity index is 3.46. The molecule has 0 spiro atoms. The van der Waals surface area contributed by atoms with Gasteiger partial charge in [-0.05, 0) is 11.8 Å². The first-order valence-electron chi connectivity index (χ1n) is 4.86. The van der Waals surface area contributed by atoms with E-state index in [-0.39, 0.29) is 11.8 Å². The number of hydrogen-bond acceptors (Lipinski definition) is 1. The predicted molar refractivity (Wildman–Crippen MR) is 55.2 cm³/mol. The van der Waals surface area contributed by atoms with Gasteiger partial charge in [-0.2, -0.15) is 0 Å². The van der Waals surface area contributed by atoms with Crippen molar-refractivity contribution in [3.63, 3.8) is 0 Å². The third kappa shape index (κ3) is 1.86. The molecule has 0 atom stereocenters. The Morgan fingerprint density at radius 2 is 1.79 bits per heavy atom. The van der Waals surface area contributed by atoms with Crippen LogP contribution in [0.2, 0.25) is 0 Å². The number of halogens is 1. The lowest BCUT2D eigenvalue weighted by molar-refractivity contribution is 0.596. The topological polar surface area (TPSA) is 32.9 Å². The monoisotopic (exact) mass is 197 g/mol. The molecular weight excluding hydrogens is 181 g/mol. The van der Waals surface area contributed by atoms with Crippen LogP contribution in [0.4, 0.5) is 4.39 Å². The summed E-state index contributed by atoms with van der Waals surface area (Å²) in [6.45, 7) is 7.76. The van der Waals surface area contributed by atoms with Crippen molar-refractivity contribution in [3.8, 4) is 0 Å². The minimum absolute atomic E-state index is 0.0480. The van der Waals surface area contributed by atoms with Gasteiger partial charge in [0.25, 0.3) is 0 Å². The van der Waals surface area contributed by atoms with Crippen molar-refractivity contribution in [3.05, 3.63) is 33.5 Å². The molecular formula is C11H16FNO. The van der Waals surface area contributed by atoms with Crippen LogP contribution in [-0.2, 0) is 0 Å². The van der Waals surface area contributed by atoms with Crippen LogP contribution in [0, 0.1) is 5.82 Å². The summed E-state index contributed by atoms with van der Waals surface area (Å²) in [5.74, 6) is -0.439. The average Bonchev–Trinajstić information content (AvgIpc) is 2.08. The fraction of sp³-hybridized carbons (Fsp3) is 0.545. The van der Waals surface area contributed by atoms with E-state index >= 15 is 0 Å². The van der Waals surface area contributed by atoms with Gasteiger partial charge in [-0.1, -0.05) is 27.7 Å². The molecule has 78 valence electrons. The summed E-state index contributed by atoms with van der Waals surface area (Å²) >= 11 is 0. The Morgan fingerprint density at radius 3 is 2.21 bits per heavy atom. The van der Waals surface area contributed by atoms with E-state index in [1.165, 1.54) is 0 Å². The van der Waals surface area contributed by atoms with Gasteiger partial charge in [0.1, 0.15) is 0 Å². The van der Waals surface area contributed by atoms with Crippen molar-refractivity contribution in [2.75, 3.05) is 0 Å². The van der Waals surface area contributed by atoms with Gasteiger partial charge in [-0.25, -0.2) is 4.39 Å². The Hall–Kier alpha value is -1.12. The SMILES string of the molecule is CC(C)c1[nH]cc(F)c(=O)c1C(C)C. The van der Waals surface area contributed by atoms with E-state index in [2.05, 4.69) is 4.98 Å². The van der Waals surface area contributed by atoms with Crippen LogP contribution in [0.3, 0.4) is 0 Å². The Kier molecular flexibility index (Phi) is 3.09. The molecule has 0 bridgehead atoms. The Labute approximate surface area is 83.2 Å². The zero-order valence-electron chi connectivity index (χ0n) is 9.02. The van der Waals surface area contributed by atoms with Gasteiger partial charge in [0, 0.05) is 17.5 Å². The van der Waals surface area contributed by atoms with Crippen molar-refractivity contribution in [2.45, 2.75) is 39.5 Å². The van der Waals surface area contributed by atoms with Crippen LogP contribution in [0.15, 0.2) is 11.0 Å². The highest BCUT2D eigenvalue weighted by atomic mass is 19.1. The quantitative estimate of drug-likeness (QED) is 0.777. The largest absolute Gasteiger partial charge is 0.362 e. The molecule has 1 aromatic rings. The second kappa shape index (κ2) is 3.95. The molecule has 0 fully saturated rings. The number of H-pyrrole nitrogens is 1. The van der Waals surface area contributed by atoms with Crippen LogP contribution in [0.5, 0.6) is 0 Å². The molecule has 1 heterocycles. The molecule has 0 amide bonds. The average molecular weight is 197 g/mol. The molecule has 0 aliphatic carbocycles. The fourth-order valence-electron chi connectivity index (χ4n) is 1.59. The molecule has 14 heavy (non-hydrogen) atoms. The van der Waals surface area contributed by atoms with Gasteiger partial charge in [0.2, 0.25) is 5.43 Å². The number of aromatic amines is 1. The molecule has 3 heteroatoms. The fourth-order valence-corrected chi connectivity index (χ4v) is 1.59. The Bertz CT molecular complexity index is 379. The first-order chi connectivity index (χ1) is 6.45. The molecule has 0 unspecified atom stereocenters. The maximum atomic E-state index is 13.0. The summed E-state index contributed by atoms with van der Waals surface area (Å²) in [4.78, 5) is 14.4. The highest BCUT2D eigenvalue weighted by Crippen LogP contribution is 2.20. The lowest BCUT2D eigenvalue weighted by Gasteiger charge is -2.14. The van der Waals surface area contributed by atoms with Gasteiger partial charge in [-0.15, -0.1) is 0 Å². The second-order valence-electron chi connectivity index (χ2n) is 4.10. The maximum absolute atomic E-state index is 13.0. The second-order valence-corrected chi connectivity index (χ2v) is 4.10. The zero-order valence-corrected chi connectivity index (χ0v) is 9.02. The van der Waals surface area contributed by atoms with Gasteiger partial charge in [0.15, 0.2) is 5.82 Å². The molecule has 2 nitrogen and oxygen atoms in total. The van der Waals surface area contributed by atoms with Gasteiger partial charge in [0.05, 0.1) is 0 Å². The van der Waals surface area contributed by atoms with Crippen molar-refractivity contribution in [2.24, 2.45) is 0 Å². The number of aromatic nitrogens is 1. The summed E-state index contributed by atoms with van der Waals surface area (Å²) < 4.78 is 13.0. The minimum atomic E-state index is -0.696. The molecule has 1 aromatic heterocycles. The summed E-state index contributed by atoms with van der Waals surface area (Å²) in [6.07, 6.45) is 1.14. The van der Waals surface area contributed by atoms with Crippen LogP contribution in [-0.4, -0.2) is 4.98 Å². The smallest absolute Gasteiger partial charge is 0.220 e. The first kappa shape index (κ1) is 11.0. The number of hydrogen-bond donors (Lipinski definition) is 1. The third-order valence-electron chi connectivity index (χ3n) is 2.26. The van der Waals surface area contributed by atoms with E-state index in [0.29, 0.717) is 5.56 Å². The van der Waals surface area contributed by atoms with Crippen LogP contribution < -0.4 is 5.43 Å². The first-order valence-corrected chi connectivity index (χ1v) is 4.86. The highest BCUT2D eigenvalue weighted by molar-refractivity contribution is 5.26. The molecule has 0 aliphatic rings. The van der Waals surface area contributed by atoms with Gasteiger partial charge >= 0.3 is 0 Å². The number of nitrogens with one attached hydrogen (secondary N) is 1. The molecule has 1 N–H and O–H groups in total. The predicted octanol–water partition coefficient (Wildman–Crippen LogP) is 2.76. The third-order valence-corrected chi connectivity index (χ3v) is 2.26. The van der Waals surface area contributed by atoms with Crippen LogP contribution >= 0.6 is 0 Å². The minimum Gasteiger partial charge on any atom is -0.362 e. The number of pyridine rings is 1. The zero-order chi connectivity index (χ0) is 10.9. The molecule has 0 aromatic carbocycles. The van der Waals surface area contributed by atoms with E-state index in [0.717, 1.165) is 11.9 Å². The lowest BCUT2D eigenvalue weighted by Crippen LogP contribution is -2.19. The summed E-state index contributed by atoms with van der Waals surface area (Å²) in [5, 5.41) is 0. The van der Waals surface area contributed by atoms with E-state index in [1.807, 2.05) is 27.7 Å². The maximum Gasteiger partial charge on any atom is 0.220 e. The summed E-state index contributed by atoms with van der Waals surface area (Å²) in [5.41, 5.74) is 0.939. The summed E-state index contributed by atoms with van der Waals surface area (Å²) in [7, 11) is 0. The molecule has 0 saturated carbocycles. The van der Waals surface area contributed by atoms with Crippen molar-refractivity contribution < 1.29 is 4.39 Å². The number of rotatable bonds is 2. The normalized spacial score (nSPS) is 11.4. The standard InChI is InChI=1S/C11H16FNO/c1-6(2)9-10(7(3)4)13-5-8(12)11(9)14/h5-7H,1-4H3,(H,13,14). The highest BCUT2D eigenvalue weighted by Gasteiger charge is 2.16. The van der Waals surface area contributed by atoms with Crippen molar-refractivity contribution >= 4 is 0 Å². The van der Waals surface area contributed by atoms with Gasteiger partial charge < -0.3 is 4.98 Å².